The highest BCUT2D eigenvalue weighted by molar-refractivity contribution is 5.04. The molecule has 0 bridgehead atoms. The Bertz CT molecular complexity index is 286. The van der Waals surface area contributed by atoms with Crippen molar-refractivity contribution in [2.24, 2.45) is 5.92 Å². The molecule has 1 saturated heterocycles. The molecule has 2 aliphatic carbocycles. The van der Waals surface area contributed by atoms with E-state index >= 15 is 0 Å². The third-order valence-corrected chi connectivity index (χ3v) is 4.36. The first-order valence-electron chi connectivity index (χ1n) is 6.82. The molecule has 1 saturated carbocycles. The average molecular weight is 222 g/mol. The fourth-order valence-corrected chi connectivity index (χ4v) is 3.50. The zero-order valence-electron chi connectivity index (χ0n) is 10.2. The van der Waals surface area contributed by atoms with Gasteiger partial charge in [0, 0.05) is 12.3 Å². The zero-order chi connectivity index (χ0) is 11.0. The minimum absolute atomic E-state index is 0.363. The molecular formula is C14H22O2. The summed E-state index contributed by atoms with van der Waals surface area (Å²) >= 11 is 0. The Kier molecular flexibility index (Phi) is 2.80. The Morgan fingerprint density at radius 1 is 1.12 bits per heavy atom. The Morgan fingerprint density at radius 2 is 2.00 bits per heavy atom. The number of ether oxygens (including phenoxy) is 2. The summed E-state index contributed by atoms with van der Waals surface area (Å²) in [6, 6.07) is 0. The van der Waals surface area contributed by atoms with Crippen LogP contribution in [-0.2, 0) is 9.47 Å². The monoisotopic (exact) mass is 222 g/mol. The van der Waals surface area contributed by atoms with Crippen LogP contribution in [0.2, 0.25) is 0 Å². The SMILES string of the molecule is CC1OC2(C=CCCC2)OC2CCCCC12. The Hall–Kier alpha value is -0.340. The molecule has 4 unspecified atom stereocenters. The number of hydrogen-bond acceptors (Lipinski definition) is 2. The second-order valence-electron chi connectivity index (χ2n) is 5.53. The molecule has 2 nitrogen and oxygen atoms in total. The number of fused-ring (bicyclic) bond motifs is 1. The fraction of sp³-hybridized carbons (Fsp3) is 0.857. The smallest absolute Gasteiger partial charge is 0.188 e. The topological polar surface area (TPSA) is 18.5 Å². The lowest BCUT2D eigenvalue weighted by Gasteiger charge is -2.49. The summed E-state index contributed by atoms with van der Waals surface area (Å²) in [5.74, 6) is 0.269. The van der Waals surface area contributed by atoms with Gasteiger partial charge < -0.3 is 9.47 Å². The summed E-state index contributed by atoms with van der Waals surface area (Å²) in [6.45, 7) is 2.23. The highest BCUT2D eigenvalue weighted by Crippen LogP contribution is 2.42. The van der Waals surface area contributed by atoms with Crippen molar-refractivity contribution in [2.45, 2.75) is 69.9 Å². The van der Waals surface area contributed by atoms with E-state index in [0.29, 0.717) is 18.1 Å². The average Bonchev–Trinajstić information content (AvgIpc) is 2.30. The molecule has 0 aromatic rings. The first-order chi connectivity index (χ1) is 7.79. The van der Waals surface area contributed by atoms with Gasteiger partial charge in [0.15, 0.2) is 5.79 Å². The van der Waals surface area contributed by atoms with E-state index in [4.69, 9.17) is 9.47 Å². The van der Waals surface area contributed by atoms with Gasteiger partial charge in [-0.1, -0.05) is 18.9 Å². The maximum Gasteiger partial charge on any atom is 0.188 e. The van der Waals surface area contributed by atoms with Crippen LogP contribution in [0.1, 0.15) is 51.9 Å². The summed E-state index contributed by atoms with van der Waals surface area (Å²) in [5.41, 5.74) is 0. The normalized spacial score (nSPS) is 47.9. The van der Waals surface area contributed by atoms with E-state index < -0.39 is 0 Å². The lowest BCUT2D eigenvalue weighted by molar-refractivity contribution is -0.319. The molecule has 2 heteroatoms. The van der Waals surface area contributed by atoms with Gasteiger partial charge in [-0.25, -0.2) is 0 Å². The summed E-state index contributed by atoms with van der Waals surface area (Å²) < 4.78 is 12.5. The van der Waals surface area contributed by atoms with Gasteiger partial charge in [0.25, 0.3) is 0 Å². The Labute approximate surface area is 98.0 Å². The minimum atomic E-state index is -0.365. The molecule has 0 N–H and O–H groups in total. The van der Waals surface area contributed by atoms with E-state index in [1.165, 1.54) is 38.5 Å². The van der Waals surface area contributed by atoms with E-state index in [9.17, 15) is 0 Å². The van der Waals surface area contributed by atoms with Crippen LogP contribution >= 0.6 is 0 Å². The van der Waals surface area contributed by atoms with Crippen molar-refractivity contribution in [2.75, 3.05) is 0 Å². The summed E-state index contributed by atoms with van der Waals surface area (Å²) in [4.78, 5) is 0. The van der Waals surface area contributed by atoms with Crippen molar-refractivity contribution in [3.8, 4) is 0 Å². The van der Waals surface area contributed by atoms with Gasteiger partial charge in [0.2, 0.25) is 0 Å². The van der Waals surface area contributed by atoms with Crippen LogP contribution in [0.25, 0.3) is 0 Å². The molecule has 16 heavy (non-hydrogen) atoms. The van der Waals surface area contributed by atoms with Gasteiger partial charge in [-0.3, -0.25) is 0 Å². The van der Waals surface area contributed by atoms with Crippen LogP contribution in [0.4, 0.5) is 0 Å². The van der Waals surface area contributed by atoms with Crippen molar-refractivity contribution in [3.05, 3.63) is 12.2 Å². The lowest BCUT2D eigenvalue weighted by atomic mass is 9.81. The summed E-state index contributed by atoms with van der Waals surface area (Å²) in [5, 5.41) is 0. The summed E-state index contributed by atoms with van der Waals surface area (Å²) in [6.07, 6.45) is 13.8. The van der Waals surface area contributed by atoms with Crippen LogP contribution in [0, 0.1) is 5.92 Å². The minimum Gasteiger partial charge on any atom is -0.343 e. The third-order valence-electron chi connectivity index (χ3n) is 4.36. The highest BCUT2D eigenvalue weighted by atomic mass is 16.7. The number of rotatable bonds is 0. The van der Waals surface area contributed by atoms with Crippen molar-refractivity contribution in [1.82, 2.24) is 0 Å². The lowest BCUT2D eigenvalue weighted by Crippen LogP contribution is -2.53. The van der Waals surface area contributed by atoms with Crippen LogP contribution in [0.15, 0.2) is 12.2 Å². The van der Waals surface area contributed by atoms with Crippen LogP contribution in [0.3, 0.4) is 0 Å². The molecule has 0 aromatic heterocycles. The second-order valence-corrected chi connectivity index (χ2v) is 5.53. The quantitative estimate of drug-likeness (QED) is 0.585. The molecule has 90 valence electrons. The molecular weight excluding hydrogens is 200 g/mol. The summed E-state index contributed by atoms with van der Waals surface area (Å²) in [7, 11) is 0. The fourth-order valence-electron chi connectivity index (χ4n) is 3.50. The van der Waals surface area contributed by atoms with Crippen molar-refractivity contribution >= 4 is 0 Å². The van der Waals surface area contributed by atoms with Gasteiger partial charge in [-0.05, 0) is 38.7 Å². The second kappa shape index (κ2) is 4.15. The van der Waals surface area contributed by atoms with Gasteiger partial charge >= 0.3 is 0 Å². The van der Waals surface area contributed by atoms with E-state index in [1.807, 2.05) is 0 Å². The van der Waals surface area contributed by atoms with Crippen LogP contribution in [-0.4, -0.2) is 18.0 Å². The molecule has 1 spiro atoms. The van der Waals surface area contributed by atoms with Gasteiger partial charge in [0.1, 0.15) is 0 Å². The van der Waals surface area contributed by atoms with Gasteiger partial charge in [-0.15, -0.1) is 0 Å². The standard InChI is InChI=1S/C14H22O2/c1-11-12-7-3-4-8-13(12)16-14(15-11)9-5-2-6-10-14/h5,9,11-13H,2-4,6-8,10H2,1H3. The Morgan fingerprint density at radius 3 is 2.81 bits per heavy atom. The predicted molar refractivity (Wildman–Crippen MR) is 63.1 cm³/mol. The maximum absolute atomic E-state index is 6.28. The van der Waals surface area contributed by atoms with Crippen molar-refractivity contribution in [1.29, 1.82) is 0 Å². The Balaban J connectivity index is 1.79. The molecule has 4 atom stereocenters. The maximum atomic E-state index is 6.28. The van der Waals surface area contributed by atoms with Crippen molar-refractivity contribution < 1.29 is 9.47 Å². The van der Waals surface area contributed by atoms with E-state index in [-0.39, 0.29) is 5.79 Å². The molecule has 3 aliphatic rings. The highest BCUT2D eigenvalue weighted by Gasteiger charge is 2.45. The zero-order valence-corrected chi connectivity index (χ0v) is 10.2. The molecule has 1 aliphatic heterocycles. The van der Waals surface area contributed by atoms with E-state index in [2.05, 4.69) is 19.1 Å². The first kappa shape index (κ1) is 10.8. The van der Waals surface area contributed by atoms with Gasteiger partial charge in [0.05, 0.1) is 12.2 Å². The third kappa shape index (κ3) is 1.82. The number of allylic oxidation sites excluding steroid dienone is 1. The van der Waals surface area contributed by atoms with E-state index in [0.717, 1.165) is 6.42 Å². The molecule has 1 heterocycles. The first-order valence-corrected chi connectivity index (χ1v) is 6.82. The van der Waals surface area contributed by atoms with Crippen molar-refractivity contribution in [3.63, 3.8) is 0 Å². The van der Waals surface area contributed by atoms with Gasteiger partial charge in [-0.2, -0.15) is 0 Å². The largest absolute Gasteiger partial charge is 0.343 e. The molecule has 0 amide bonds. The van der Waals surface area contributed by atoms with Crippen LogP contribution in [0.5, 0.6) is 0 Å². The number of hydrogen-bond donors (Lipinski definition) is 0. The van der Waals surface area contributed by atoms with E-state index in [1.54, 1.807) is 0 Å². The molecule has 0 radical (unpaired) electrons. The molecule has 3 rings (SSSR count). The van der Waals surface area contributed by atoms with Crippen LogP contribution < -0.4 is 0 Å². The molecule has 2 fully saturated rings. The predicted octanol–water partition coefficient (Wildman–Crippen LogP) is 3.42. The molecule has 0 aromatic carbocycles.